The van der Waals surface area contributed by atoms with Crippen LogP contribution in [0.3, 0.4) is 0 Å². The Balaban J connectivity index is 3.13. The first kappa shape index (κ1) is 20.7. The second-order valence-electron chi connectivity index (χ2n) is 5.76. The Kier molecular flexibility index (Phi) is 16.7. The summed E-state index contributed by atoms with van der Waals surface area (Å²) in [5.74, 6) is -0.840. The van der Waals surface area contributed by atoms with Crippen molar-refractivity contribution in [1.29, 1.82) is 0 Å². The van der Waals surface area contributed by atoms with Crippen molar-refractivity contribution < 1.29 is 9.90 Å². The lowest BCUT2D eigenvalue weighted by Gasteiger charge is -2.01. The molecule has 0 aliphatic heterocycles. The van der Waals surface area contributed by atoms with E-state index in [0.717, 1.165) is 19.3 Å². The first-order chi connectivity index (χ1) is 10.8. The Morgan fingerprint density at radius 3 is 1.68 bits per heavy atom. The minimum Gasteiger partial charge on any atom is -0.478 e. The smallest absolute Gasteiger partial charge is 0.327 e. The quantitative estimate of drug-likeness (QED) is 0.215. The predicted molar refractivity (Wildman–Crippen MR) is 96.1 cm³/mol. The summed E-state index contributed by atoms with van der Waals surface area (Å²) in [6.45, 7) is 2.15. The molecule has 0 saturated heterocycles. The molecule has 0 rings (SSSR count). The number of carbonyl (C=O) groups is 1. The second-order valence-corrected chi connectivity index (χ2v) is 5.76. The Labute approximate surface area is 137 Å². The molecule has 0 aliphatic rings. The summed E-state index contributed by atoms with van der Waals surface area (Å²) in [6, 6.07) is 0. The van der Waals surface area contributed by atoms with Crippen LogP contribution >= 0.6 is 0 Å². The van der Waals surface area contributed by atoms with E-state index in [4.69, 9.17) is 5.11 Å². The molecular formula is C20H34O2. The first-order valence-electron chi connectivity index (χ1n) is 8.98. The fraction of sp³-hybridized carbons (Fsp3) is 0.650. The monoisotopic (exact) mass is 306 g/mol. The minimum absolute atomic E-state index is 0.840. The van der Waals surface area contributed by atoms with Crippen molar-refractivity contribution >= 4 is 5.97 Å². The molecular weight excluding hydrogens is 272 g/mol. The van der Waals surface area contributed by atoms with Gasteiger partial charge < -0.3 is 5.11 Å². The highest BCUT2D eigenvalue weighted by atomic mass is 16.4. The molecule has 0 fully saturated rings. The SMILES string of the molecule is CCC=CC=CCCCCCCCCCCCC=CC(=O)O. The highest BCUT2D eigenvalue weighted by molar-refractivity contribution is 5.79. The number of aliphatic carboxylic acids is 1. The number of rotatable bonds is 15. The number of hydrogen-bond donors (Lipinski definition) is 1. The highest BCUT2D eigenvalue weighted by Gasteiger charge is 1.92. The zero-order valence-electron chi connectivity index (χ0n) is 14.3. The fourth-order valence-electron chi connectivity index (χ4n) is 2.34. The number of carboxylic acid groups (broad SMARTS) is 1. The molecule has 2 nitrogen and oxygen atoms in total. The topological polar surface area (TPSA) is 37.3 Å². The molecule has 0 aliphatic carbocycles. The molecule has 0 aromatic carbocycles. The number of allylic oxidation sites excluding steroid dienone is 5. The van der Waals surface area contributed by atoms with Crippen LogP contribution in [0.5, 0.6) is 0 Å². The lowest BCUT2D eigenvalue weighted by atomic mass is 10.1. The third-order valence-corrected chi connectivity index (χ3v) is 3.62. The summed E-state index contributed by atoms with van der Waals surface area (Å²) in [4.78, 5) is 10.3. The Hall–Kier alpha value is -1.31. The molecule has 0 aromatic heterocycles. The van der Waals surface area contributed by atoms with Crippen LogP contribution in [0.25, 0.3) is 0 Å². The van der Waals surface area contributed by atoms with Crippen molar-refractivity contribution in [3.8, 4) is 0 Å². The van der Waals surface area contributed by atoms with Crippen molar-refractivity contribution in [3.63, 3.8) is 0 Å². The van der Waals surface area contributed by atoms with Gasteiger partial charge in [0.05, 0.1) is 0 Å². The van der Waals surface area contributed by atoms with E-state index in [1.807, 2.05) is 0 Å². The maximum absolute atomic E-state index is 10.3. The van der Waals surface area contributed by atoms with Crippen LogP contribution in [0.1, 0.15) is 84.0 Å². The molecule has 0 amide bonds. The lowest BCUT2D eigenvalue weighted by molar-refractivity contribution is -0.131. The Bertz CT molecular complexity index is 327. The molecule has 0 spiro atoms. The van der Waals surface area contributed by atoms with E-state index in [9.17, 15) is 4.79 Å². The molecule has 0 atom stereocenters. The lowest BCUT2D eigenvalue weighted by Crippen LogP contribution is -1.85. The van der Waals surface area contributed by atoms with Crippen molar-refractivity contribution in [2.24, 2.45) is 0 Å². The van der Waals surface area contributed by atoms with Crippen LogP contribution in [0, 0.1) is 0 Å². The summed E-state index contributed by atoms with van der Waals surface area (Å²) in [7, 11) is 0. The molecule has 22 heavy (non-hydrogen) atoms. The number of unbranched alkanes of at least 4 members (excludes halogenated alkanes) is 10. The van der Waals surface area contributed by atoms with Crippen LogP contribution in [0.2, 0.25) is 0 Å². The van der Waals surface area contributed by atoms with Crippen molar-refractivity contribution in [2.75, 3.05) is 0 Å². The molecule has 0 unspecified atom stereocenters. The van der Waals surface area contributed by atoms with E-state index in [1.165, 1.54) is 63.9 Å². The molecule has 0 saturated carbocycles. The first-order valence-corrected chi connectivity index (χ1v) is 8.98. The van der Waals surface area contributed by atoms with Crippen LogP contribution in [0.15, 0.2) is 36.5 Å². The van der Waals surface area contributed by atoms with Crippen molar-refractivity contribution in [3.05, 3.63) is 36.5 Å². The largest absolute Gasteiger partial charge is 0.478 e. The van der Waals surface area contributed by atoms with Crippen LogP contribution in [-0.2, 0) is 4.79 Å². The minimum atomic E-state index is -0.840. The average Bonchev–Trinajstić information content (AvgIpc) is 2.50. The van der Waals surface area contributed by atoms with Gasteiger partial charge in [0.25, 0.3) is 0 Å². The third kappa shape index (κ3) is 18.7. The van der Waals surface area contributed by atoms with Gasteiger partial charge in [0.1, 0.15) is 0 Å². The normalized spacial score (nSPS) is 12.0. The second kappa shape index (κ2) is 17.7. The summed E-state index contributed by atoms with van der Waals surface area (Å²) >= 11 is 0. The summed E-state index contributed by atoms with van der Waals surface area (Å²) in [5.41, 5.74) is 0. The van der Waals surface area contributed by atoms with Gasteiger partial charge in [0, 0.05) is 6.08 Å². The highest BCUT2D eigenvalue weighted by Crippen LogP contribution is 2.11. The van der Waals surface area contributed by atoms with Gasteiger partial charge in [0.15, 0.2) is 0 Å². The summed E-state index contributed by atoms with van der Waals surface area (Å²) in [5, 5.41) is 8.45. The van der Waals surface area contributed by atoms with E-state index in [2.05, 4.69) is 31.2 Å². The van der Waals surface area contributed by atoms with Gasteiger partial charge in [-0.2, -0.15) is 0 Å². The van der Waals surface area contributed by atoms with Crippen LogP contribution in [-0.4, -0.2) is 11.1 Å². The van der Waals surface area contributed by atoms with E-state index < -0.39 is 5.97 Å². The molecule has 126 valence electrons. The standard InChI is InChI=1S/C20H34O2/c1-2-3-4-5-6-7-8-9-10-11-12-13-14-15-16-17-18-19-20(21)22/h3-6,18-19H,2,7-17H2,1H3,(H,21,22). The molecule has 1 N–H and O–H groups in total. The van der Waals surface area contributed by atoms with Gasteiger partial charge >= 0.3 is 5.97 Å². The van der Waals surface area contributed by atoms with E-state index >= 15 is 0 Å². The zero-order valence-corrected chi connectivity index (χ0v) is 14.3. The van der Waals surface area contributed by atoms with Crippen LogP contribution < -0.4 is 0 Å². The molecule has 0 radical (unpaired) electrons. The Morgan fingerprint density at radius 1 is 0.727 bits per heavy atom. The van der Waals surface area contributed by atoms with Crippen molar-refractivity contribution in [1.82, 2.24) is 0 Å². The summed E-state index contributed by atoms with van der Waals surface area (Å²) in [6.07, 6.45) is 26.6. The average molecular weight is 306 g/mol. The van der Waals surface area contributed by atoms with E-state index in [-0.39, 0.29) is 0 Å². The number of hydrogen-bond acceptors (Lipinski definition) is 1. The molecule has 0 heterocycles. The summed E-state index contributed by atoms with van der Waals surface area (Å²) < 4.78 is 0. The fourth-order valence-corrected chi connectivity index (χ4v) is 2.34. The Morgan fingerprint density at radius 2 is 1.18 bits per heavy atom. The van der Waals surface area contributed by atoms with Crippen LogP contribution in [0.4, 0.5) is 0 Å². The van der Waals surface area contributed by atoms with Gasteiger partial charge in [-0.1, -0.05) is 82.2 Å². The van der Waals surface area contributed by atoms with Gasteiger partial charge in [0.2, 0.25) is 0 Å². The van der Waals surface area contributed by atoms with Gasteiger partial charge in [-0.05, 0) is 32.1 Å². The van der Waals surface area contributed by atoms with Gasteiger partial charge in [-0.3, -0.25) is 0 Å². The molecule has 0 aromatic rings. The molecule has 2 heteroatoms. The van der Waals surface area contributed by atoms with Gasteiger partial charge in [-0.15, -0.1) is 0 Å². The molecule has 0 bridgehead atoms. The third-order valence-electron chi connectivity index (χ3n) is 3.62. The van der Waals surface area contributed by atoms with E-state index in [0.29, 0.717) is 0 Å². The predicted octanol–water partition coefficient (Wildman–Crippen LogP) is 6.44. The van der Waals surface area contributed by atoms with Crippen molar-refractivity contribution in [2.45, 2.75) is 84.0 Å². The van der Waals surface area contributed by atoms with E-state index in [1.54, 1.807) is 6.08 Å². The van der Waals surface area contributed by atoms with Gasteiger partial charge in [-0.25, -0.2) is 4.79 Å². The zero-order chi connectivity index (χ0) is 16.3. The number of carboxylic acids is 1. The maximum Gasteiger partial charge on any atom is 0.327 e. The maximum atomic E-state index is 10.3.